The Labute approximate surface area is 129 Å². The van der Waals surface area contributed by atoms with Crippen LogP contribution in [-0.4, -0.2) is 23.3 Å². The van der Waals surface area contributed by atoms with Gasteiger partial charge in [-0.2, -0.15) is 0 Å². The first-order valence-electron chi connectivity index (χ1n) is 7.33. The molecule has 1 aromatic carbocycles. The lowest BCUT2D eigenvalue weighted by atomic mass is 10.0. The minimum absolute atomic E-state index is 0.196. The first kappa shape index (κ1) is 14.8. The highest BCUT2D eigenvalue weighted by Gasteiger charge is 2.43. The van der Waals surface area contributed by atoms with E-state index in [9.17, 15) is 4.39 Å². The predicted octanol–water partition coefficient (Wildman–Crippen LogP) is 4.29. The Morgan fingerprint density at radius 3 is 2.86 bits per heavy atom. The maximum Gasteiger partial charge on any atom is 0.127 e. The molecule has 1 heterocycles. The molecule has 3 rings (SSSR count). The fraction of sp³-hybridized carbons (Fsp3) is 0.562. The SMILES string of the molecule is COCCC1(Cn2c(C(C)Cl)nc3cc(F)ccc32)CC1. The molecule has 21 heavy (non-hydrogen) atoms. The van der Waals surface area contributed by atoms with Crippen molar-refractivity contribution < 1.29 is 9.13 Å². The van der Waals surface area contributed by atoms with Gasteiger partial charge in [-0.15, -0.1) is 11.6 Å². The second-order valence-electron chi connectivity index (χ2n) is 6.05. The molecular weight excluding hydrogens is 291 g/mol. The van der Waals surface area contributed by atoms with Crippen LogP contribution in [0.15, 0.2) is 18.2 Å². The zero-order valence-corrected chi connectivity index (χ0v) is 13.2. The van der Waals surface area contributed by atoms with Gasteiger partial charge in [0, 0.05) is 26.3 Å². The Morgan fingerprint density at radius 2 is 2.24 bits per heavy atom. The van der Waals surface area contributed by atoms with Gasteiger partial charge in [-0.05, 0) is 43.7 Å². The number of alkyl halides is 1. The van der Waals surface area contributed by atoms with Crippen molar-refractivity contribution in [1.82, 2.24) is 9.55 Å². The van der Waals surface area contributed by atoms with Gasteiger partial charge in [0.2, 0.25) is 0 Å². The van der Waals surface area contributed by atoms with Crippen LogP contribution in [0.2, 0.25) is 0 Å². The molecule has 0 bridgehead atoms. The highest BCUT2D eigenvalue weighted by molar-refractivity contribution is 6.20. The van der Waals surface area contributed by atoms with Crippen LogP contribution in [0.3, 0.4) is 0 Å². The van der Waals surface area contributed by atoms with Crippen LogP contribution in [0.4, 0.5) is 4.39 Å². The molecule has 1 aliphatic rings. The summed E-state index contributed by atoms with van der Waals surface area (Å²) in [5, 5.41) is -0.196. The van der Waals surface area contributed by atoms with E-state index in [1.54, 1.807) is 13.2 Å². The second kappa shape index (κ2) is 5.58. The summed E-state index contributed by atoms with van der Waals surface area (Å²) < 4.78 is 20.8. The van der Waals surface area contributed by atoms with Crippen LogP contribution >= 0.6 is 11.6 Å². The van der Waals surface area contributed by atoms with E-state index >= 15 is 0 Å². The topological polar surface area (TPSA) is 27.1 Å². The number of aromatic nitrogens is 2. The lowest BCUT2D eigenvalue weighted by molar-refractivity contribution is 0.167. The average molecular weight is 311 g/mol. The van der Waals surface area contributed by atoms with Gasteiger partial charge in [0.15, 0.2) is 0 Å². The van der Waals surface area contributed by atoms with Crippen molar-refractivity contribution >= 4 is 22.6 Å². The van der Waals surface area contributed by atoms with Gasteiger partial charge in [-0.1, -0.05) is 0 Å². The zero-order chi connectivity index (χ0) is 15.0. The Balaban J connectivity index is 1.98. The summed E-state index contributed by atoms with van der Waals surface area (Å²) in [5.74, 6) is 0.558. The van der Waals surface area contributed by atoms with Gasteiger partial charge in [0.25, 0.3) is 0 Å². The second-order valence-corrected chi connectivity index (χ2v) is 6.70. The molecule has 1 saturated carbocycles. The van der Waals surface area contributed by atoms with Crippen LogP contribution in [0.1, 0.15) is 37.4 Å². The third-order valence-corrected chi connectivity index (χ3v) is 4.58. The summed E-state index contributed by atoms with van der Waals surface area (Å²) in [6.45, 7) is 3.56. The highest BCUT2D eigenvalue weighted by atomic mass is 35.5. The molecule has 1 aromatic heterocycles. The first-order chi connectivity index (χ1) is 10.0. The molecule has 0 amide bonds. The van der Waals surface area contributed by atoms with Crippen molar-refractivity contribution in [3.05, 3.63) is 29.8 Å². The van der Waals surface area contributed by atoms with Crippen LogP contribution in [0.5, 0.6) is 0 Å². The summed E-state index contributed by atoms with van der Waals surface area (Å²) in [5.41, 5.74) is 1.93. The van der Waals surface area contributed by atoms with Crippen molar-refractivity contribution in [1.29, 1.82) is 0 Å². The molecule has 2 aromatic rings. The molecule has 0 N–H and O–H groups in total. The quantitative estimate of drug-likeness (QED) is 0.744. The van der Waals surface area contributed by atoms with Crippen molar-refractivity contribution in [3.8, 4) is 0 Å². The summed E-state index contributed by atoms with van der Waals surface area (Å²) in [6.07, 6.45) is 3.45. The minimum Gasteiger partial charge on any atom is -0.385 e. The van der Waals surface area contributed by atoms with Crippen molar-refractivity contribution in [2.75, 3.05) is 13.7 Å². The molecule has 1 fully saturated rings. The molecule has 114 valence electrons. The molecule has 5 heteroatoms. The van der Waals surface area contributed by atoms with Gasteiger partial charge in [-0.25, -0.2) is 9.37 Å². The molecule has 0 radical (unpaired) electrons. The van der Waals surface area contributed by atoms with Crippen molar-refractivity contribution in [2.45, 2.75) is 38.1 Å². The Kier molecular flexibility index (Phi) is 3.93. The normalized spacial score (nSPS) is 18.1. The maximum atomic E-state index is 13.4. The van der Waals surface area contributed by atoms with E-state index in [1.165, 1.54) is 25.0 Å². The Morgan fingerprint density at radius 1 is 1.48 bits per heavy atom. The van der Waals surface area contributed by atoms with Gasteiger partial charge in [0.1, 0.15) is 11.6 Å². The zero-order valence-electron chi connectivity index (χ0n) is 12.4. The van der Waals surface area contributed by atoms with Gasteiger partial charge in [-0.3, -0.25) is 0 Å². The fourth-order valence-electron chi connectivity index (χ4n) is 2.91. The van der Waals surface area contributed by atoms with Crippen LogP contribution in [0.25, 0.3) is 11.0 Å². The first-order valence-corrected chi connectivity index (χ1v) is 7.77. The standard InChI is InChI=1S/C16H20ClFN2O/c1-11(17)15-19-13-9-12(18)3-4-14(13)20(15)10-16(5-6-16)7-8-21-2/h3-4,9,11H,5-8,10H2,1-2H3. The van der Waals surface area contributed by atoms with Gasteiger partial charge in [0.05, 0.1) is 16.4 Å². The summed E-state index contributed by atoms with van der Waals surface area (Å²) >= 11 is 6.27. The number of benzene rings is 1. The van der Waals surface area contributed by atoms with Crippen molar-refractivity contribution in [2.24, 2.45) is 5.41 Å². The average Bonchev–Trinajstić information content (AvgIpc) is 3.12. The van der Waals surface area contributed by atoms with Crippen LogP contribution < -0.4 is 0 Å². The van der Waals surface area contributed by atoms with E-state index in [-0.39, 0.29) is 11.2 Å². The molecule has 3 nitrogen and oxygen atoms in total. The lowest BCUT2D eigenvalue weighted by Crippen LogP contribution is -2.16. The number of fused-ring (bicyclic) bond motifs is 1. The number of methoxy groups -OCH3 is 1. The Hall–Kier alpha value is -1.13. The number of nitrogens with zero attached hydrogens (tertiary/aromatic N) is 2. The number of hydrogen-bond acceptors (Lipinski definition) is 2. The van der Waals surface area contributed by atoms with E-state index in [4.69, 9.17) is 16.3 Å². The molecule has 0 spiro atoms. The molecule has 1 unspecified atom stereocenters. The molecule has 0 saturated heterocycles. The largest absolute Gasteiger partial charge is 0.385 e. The molecular formula is C16H20ClFN2O. The summed E-state index contributed by atoms with van der Waals surface area (Å²) in [6, 6.07) is 4.76. The highest BCUT2D eigenvalue weighted by Crippen LogP contribution is 2.51. The lowest BCUT2D eigenvalue weighted by Gasteiger charge is -2.18. The number of halogens is 2. The van der Waals surface area contributed by atoms with Crippen molar-refractivity contribution in [3.63, 3.8) is 0 Å². The number of ether oxygens (including phenoxy) is 1. The third-order valence-electron chi connectivity index (χ3n) is 4.38. The fourth-order valence-corrected chi connectivity index (χ4v) is 3.08. The number of imidazole rings is 1. The summed E-state index contributed by atoms with van der Waals surface area (Å²) in [4.78, 5) is 4.53. The van der Waals surface area contributed by atoms with E-state index in [2.05, 4.69) is 9.55 Å². The van der Waals surface area contributed by atoms with Crippen LogP contribution in [0, 0.1) is 11.2 Å². The van der Waals surface area contributed by atoms with E-state index < -0.39 is 0 Å². The Bertz CT molecular complexity index is 649. The van der Waals surface area contributed by atoms with Gasteiger partial charge >= 0.3 is 0 Å². The predicted molar refractivity (Wildman–Crippen MR) is 82.1 cm³/mol. The van der Waals surface area contributed by atoms with E-state index in [1.807, 2.05) is 6.92 Å². The third kappa shape index (κ3) is 2.92. The maximum absolute atomic E-state index is 13.4. The molecule has 1 atom stereocenters. The smallest absolute Gasteiger partial charge is 0.127 e. The summed E-state index contributed by atoms with van der Waals surface area (Å²) in [7, 11) is 1.73. The monoisotopic (exact) mass is 310 g/mol. The number of rotatable bonds is 6. The molecule has 0 aliphatic heterocycles. The van der Waals surface area contributed by atoms with E-state index in [0.29, 0.717) is 10.9 Å². The number of hydrogen-bond donors (Lipinski definition) is 0. The minimum atomic E-state index is -0.263. The van der Waals surface area contributed by atoms with Crippen LogP contribution in [-0.2, 0) is 11.3 Å². The van der Waals surface area contributed by atoms with Gasteiger partial charge < -0.3 is 9.30 Å². The van der Waals surface area contributed by atoms with E-state index in [0.717, 1.165) is 30.9 Å². The molecule has 1 aliphatic carbocycles.